The fourth-order valence-electron chi connectivity index (χ4n) is 1.61. The van der Waals surface area contributed by atoms with Gasteiger partial charge in [-0.25, -0.2) is 0 Å². The van der Waals surface area contributed by atoms with Crippen molar-refractivity contribution < 1.29 is 0 Å². The van der Waals surface area contributed by atoms with Gasteiger partial charge in [0.1, 0.15) is 0 Å². The number of nitrogens with two attached hydrogens (primary N) is 1. The van der Waals surface area contributed by atoms with Crippen LogP contribution in [0, 0.1) is 0 Å². The van der Waals surface area contributed by atoms with Crippen molar-refractivity contribution in [2.45, 2.75) is 17.4 Å². The van der Waals surface area contributed by atoms with Gasteiger partial charge in [-0.15, -0.1) is 11.8 Å². The van der Waals surface area contributed by atoms with Crippen LogP contribution in [0.15, 0.2) is 50.5 Å². The number of hydrogen-bond donors (Lipinski definition) is 2. The minimum Gasteiger partial charge on any atom is -0.271 e. The molecule has 1 aromatic carbocycles. The highest BCUT2D eigenvalue weighted by Crippen LogP contribution is 2.27. The first kappa shape index (κ1) is 14.1. The van der Waals surface area contributed by atoms with Gasteiger partial charge >= 0.3 is 0 Å². The predicted octanol–water partition coefficient (Wildman–Crippen LogP) is 3.68. The zero-order chi connectivity index (χ0) is 12.8. The van der Waals surface area contributed by atoms with Crippen LogP contribution in [0.25, 0.3) is 0 Å². The Morgan fingerprint density at radius 1 is 1.33 bits per heavy atom. The SMILES string of the molecule is NNC(CSc1ccccc1Br)Cc1ccsc1. The Bertz CT molecular complexity index is 474. The molecule has 0 spiro atoms. The molecule has 0 amide bonds. The molecule has 1 heterocycles. The topological polar surface area (TPSA) is 38.0 Å². The second kappa shape index (κ2) is 7.31. The summed E-state index contributed by atoms with van der Waals surface area (Å²) in [7, 11) is 0. The minimum atomic E-state index is 0.289. The molecule has 1 aromatic heterocycles. The van der Waals surface area contributed by atoms with Crippen LogP contribution in [0.4, 0.5) is 0 Å². The average Bonchev–Trinajstić information content (AvgIpc) is 2.89. The summed E-state index contributed by atoms with van der Waals surface area (Å²) in [5.41, 5.74) is 4.24. The van der Waals surface area contributed by atoms with E-state index in [0.717, 1.165) is 16.6 Å². The van der Waals surface area contributed by atoms with Gasteiger partial charge < -0.3 is 0 Å². The van der Waals surface area contributed by atoms with Crippen molar-refractivity contribution in [2.24, 2.45) is 5.84 Å². The van der Waals surface area contributed by atoms with Crippen molar-refractivity contribution in [1.29, 1.82) is 0 Å². The molecule has 0 saturated carbocycles. The van der Waals surface area contributed by atoms with Crippen LogP contribution >= 0.6 is 39.0 Å². The molecule has 0 radical (unpaired) electrons. The van der Waals surface area contributed by atoms with E-state index in [9.17, 15) is 0 Å². The molecule has 0 bridgehead atoms. The second-order valence-corrected chi connectivity index (χ2v) is 6.64. The molecule has 2 aromatic rings. The largest absolute Gasteiger partial charge is 0.271 e. The molecule has 0 aliphatic heterocycles. The molecule has 0 saturated heterocycles. The standard InChI is InChI=1S/C13H15BrN2S2/c14-12-3-1-2-4-13(12)18-9-11(16-15)7-10-5-6-17-8-10/h1-6,8,11,16H,7,9,15H2. The molecular formula is C13H15BrN2S2. The number of nitrogens with one attached hydrogen (secondary N) is 1. The van der Waals surface area contributed by atoms with E-state index in [1.165, 1.54) is 10.5 Å². The zero-order valence-electron chi connectivity index (χ0n) is 9.80. The Balaban J connectivity index is 1.89. The maximum atomic E-state index is 5.62. The number of thioether (sulfide) groups is 1. The highest BCUT2D eigenvalue weighted by molar-refractivity contribution is 9.10. The summed E-state index contributed by atoms with van der Waals surface area (Å²) < 4.78 is 1.14. The van der Waals surface area contributed by atoms with Crippen molar-refractivity contribution in [3.8, 4) is 0 Å². The fraction of sp³-hybridized carbons (Fsp3) is 0.231. The van der Waals surface area contributed by atoms with Crippen LogP contribution in [0.1, 0.15) is 5.56 Å². The lowest BCUT2D eigenvalue weighted by atomic mass is 10.1. The summed E-state index contributed by atoms with van der Waals surface area (Å²) in [5, 5.41) is 4.28. The Morgan fingerprint density at radius 3 is 2.83 bits per heavy atom. The van der Waals surface area contributed by atoms with Crippen molar-refractivity contribution in [3.05, 3.63) is 51.1 Å². The van der Waals surface area contributed by atoms with Gasteiger partial charge in [0.2, 0.25) is 0 Å². The lowest BCUT2D eigenvalue weighted by molar-refractivity contribution is 0.576. The van der Waals surface area contributed by atoms with Gasteiger partial charge in [0, 0.05) is 21.2 Å². The normalized spacial score (nSPS) is 12.6. The summed E-state index contributed by atoms with van der Waals surface area (Å²) in [5.74, 6) is 6.57. The molecular weight excluding hydrogens is 328 g/mol. The van der Waals surface area contributed by atoms with Crippen LogP contribution in [0.3, 0.4) is 0 Å². The fourth-order valence-corrected chi connectivity index (χ4v) is 3.90. The third kappa shape index (κ3) is 4.10. The first-order chi connectivity index (χ1) is 8.79. The maximum Gasteiger partial charge on any atom is 0.0345 e. The molecule has 5 heteroatoms. The molecule has 0 aliphatic carbocycles. The van der Waals surface area contributed by atoms with Crippen LogP contribution in [-0.4, -0.2) is 11.8 Å². The van der Waals surface area contributed by atoms with Gasteiger partial charge in [0.05, 0.1) is 0 Å². The lowest BCUT2D eigenvalue weighted by Gasteiger charge is -2.15. The molecule has 0 aliphatic rings. The number of rotatable bonds is 6. The van der Waals surface area contributed by atoms with E-state index in [1.54, 1.807) is 11.3 Å². The second-order valence-electron chi connectivity index (χ2n) is 3.94. The van der Waals surface area contributed by atoms with E-state index >= 15 is 0 Å². The van der Waals surface area contributed by atoms with Crippen LogP contribution < -0.4 is 11.3 Å². The minimum absolute atomic E-state index is 0.289. The molecule has 0 fully saturated rings. The number of thiophene rings is 1. The zero-order valence-corrected chi connectivity index (χ0v) is 13.0. The molecule has 1 atom stereocenters. The molecule has 96 valence electrons. The van der Waals surface area contributed by atoms with Crippen molar-refractivity contribution in [1.82, 2.24) is 5.43 Å². The number of benzene rings is 1. The van der Waals surface area contributed by atoms with Gasteiger partial charge in [-0.3, -0.25) is 11.3 Å². The summed E-state index contributed by atoms with van der Waals surface area (Å²) in [6.07, 6.45) is 0.970. The summed E-state index contributed by atoms with van der Waals surface area (Å²) >= 11 is 7.10. The quantitative estimate of drug-likeness (QED) is 0.477. The summed E-state index contributed by atoms with van der Waals surface area (Å²) in [4.78, 5) is 1.25. The van der Waals surface area contributed by atoms with Gasteiger partial charge in [0.25, 0.3) is 0 Å². The third-order valence-corrected chi connectivity index (χ3v) is 5.50. The highest BCUT2D eigenvalue weighted by Gasteiger charge is 2.09. The summed E-state index contributed by atoms with van der Waals surface area (Å²) in [6.45, 7) is 0. The Labute approximate surface area is 124 Å². The van der Waals surface area contributed by atoms with Crippen molar-refractivity contribution in [2.75, 3.05) is 5.75 Å². The lowest BCUT2D eigenvalue weighted by Crippen LogP contribution is -2.38. The van der Waals surface area contributed by atoms with E-state index < -0.39 is 0 Å². The van der Waals surface area contributed by atoms with E-state index in [2.05, 4.69) is 56.4 Å². The van der Waals surface area contributed by atoms with Crippen LogP contribution in [0.2, 0.25) is 0 Å². The van der Waals surface area contributed by atoms with Crippen molar-refractivity contribution >= 4 is 39.0 Å². The third-order valence-electron chi connectivity index (χ3n) is 2.57. The van der Waals surface area contributed by atoms with E-state index in [1.807, 2.05) is 17.8 Å². The first-order valence-corrected chi connectivity index (χ1v) is 8.36. The Kier molecular flexibility index (Phi) is 5.72. The molecule has 1 unspecified atom stereocenters. The Hall–Kier alpha value is -0.330. The number of hydrazine groups is 1. The summed E-state index contributed by atoms with van der Waals surface area (Å²) in [6, 6.07) is 10.7. The van der Waals surface area contributed by atoms with E-state index in [0.29, 0.717) is 0 Å². The number of hydrogen-bond acceptors (Lipinski definition) is 4. The van der Waals surface area contributed by atoms with Gasteiger partial charge in [-0.1, -0.05) is 12.1 Å². The van der Waals surface area contributed by atoms with Crippen LogP contribution in [-0.2, 0) is 6.42 Å². The maximum absolute atomic E-state index is 5.62. The molecule has 2 rings (SSSR count). The molecule has 18 heavy (non-hydrogen) atoms. The van der Waals surface area contributed by atoms with Crippen molar-refractivity contribution in [3.63, 3.8) is 0 Å². The highest BCUT2D eigenvalue weighted by atomic mass is 79.9. The predicted molar refractivity (Wildman–Crippen MR) is 84.0 cm³/mol. The average molecular weight is 343 g/mol. The van der Waals surface area contributed by atoms with Gasteiger partial charge in [0.15, 0.2) is 0 Å². The first-order valence-electron chi connectivity index (χ1n) is 5.64. The number of halogens is 1. The van der Waals surface area contributed by atoms with Gasteiger partial charge in [-0.05, 0) is 56.9 Å². The van der Waals surface area contributed by atoms with Gasteiger partial charge in [-0.2, -0.15) is 11.3 Å². The Morgan fingerprint density at radius 2 is 2.17 bits per heavy atom. The van der Waals surface area contributed by atoms with E-state index in [-0.39, 0.29) is 6.04 Å². The molecule has 3 N–H and O–H groups in total. The van der Waals surface area contributed by atoms with Crippen LogP contribution in [0.5, 0.6) is 0 Å². The van der Waals surface area contributed by atoms with E-state index in [4.69, 9.17) is 5.84 Å². The monoisotopic (exact) mass is 342 g/mol. The smallest absolute Gasteiger partial charge is 0.0345 e. The molecule has 2 nitrogen and oxygen atoms in total.